The minimum Gasteiger partial charge on any atom is -0.326 e. The van der Waals surface area contributed by atoms with Crippen LogP contribution in [0.15, 0.2) is 54.6 Å². The lowest BCUT2D eigenvalue weighted by molar-refractivity contribution is -0.137. The SMILES string of the molecule is N[C@@H]1CN(S(=O)(=O)Cc2cccc(C(F)(F)F)c2)C[C@H]1c1ccccc1. The summed E-state index contributed by atoms with van der Waals surface area (Å²) in [6, 6.07) is 13.4. The third-order valence-electron chi connectivity index (χ3n) is 4.56. The fourth-order valence-electron chi connectivity index (χ4n) is 3.21. The molecule has 8 heteroatoms. The van der Waals surface area contributed by atoms with Gasteiger partial charge in [0, 0.05) is 25.0 Å². The first-order valence-electron chi connectivity index (χ1n) is 8.11. The van der Waals surface area contributed by atoms with Crippen LogP contribution in [0.5, 0.6) is 0 Å². The average molecular weight is 384 g/mol. The third kappa shape index (κ3) is 4.08. The molecule has 0 saturated carbocycles. The number of nitrogens with zero attached hydrogens (tertiary/aromatic N) is 1. The van der Waals surface area contributed by atoms with E-state index in [0.717, 1.165) is 17.7 Å². The van der Waals surface area contributed by atoms with Crippen LogP contribution in [-0.2, 0) is 22.0 Å². The highest BCUT2D eigenvalue weighted by Gasteiger charge is 2.38. The fraction of sp³-hybridized carbons (Fsp3) is 0.333. The summed E-state index contributed by atoms with van der Waals surface area (Å²) in [4.78, 5) is 0. The van der Waals surface area contributed by atoms with Crippen molar-refractivity contribution in [2.75, 3.05) is 13.1 Å². The van der Waals surface area contributed by atoms with Gasteiger partial charge in [0.1, 0.15) is 0 Å². The Balaban J connectivity index is 1.77. The van der Waals surface area contributed by atoms with Gasteiger partial charge in [-0.05, 0) is 17.2 Å². The van der Waals surface area contributed by atoms with E-state index in [0.29, 0.717) is 0 Å². The average Bonchev–Trinajstić information content (AvgIpc) is 2.97. The second-order valence-corrected chi connectivity index (χ2v) is 8.42. The number of nitrogens with two attached hydrogens (primary N) is 1. The van der Waals surface area contributed by atoms with Crippen molar-refractivity contribution in [3.63, 3.8) is 0 Å². The zero-order chi connectivity index (χ0) is 18.9. The highest BCUT2D eigenvalue weighted by atomic mass is 32.2. The minimum atomic E-state index is -4.51. The minimum absolute atomic E-state index is 0.108. The van der Waals surface area contributed by atoms with Crippen molar-refractivity contribution in [3.05, 3.63) is 71.3 Å². The molecule has 1 heterocycles. The molecule has 0 unspecified atom stereocenters. The molecule has 2 atom stereocenters. The zero-order valence-electron chi connectivity index (χ0n) is 13.9. The molecule has 3 rings (SSSR count). The van der Waals surface area contributed by atoms with Crippen molar-refractivity contribution in [3.8, 4) is 0 Å². The Morgan fingerprint density at radius 1 is 1.04 bits per heavy atom. The standard InChI is InChI=1S/C18H19F3N2O2S/c19-18(20,21)15-8-4-5-13(9-15)12-26(24,25)23-10-16(17(22)11-23)14-6-2-1-3-7-14/h1-9,16-17H,10-12,22H2/t16-,17+/m0/s1. The summed E-state index contributed by atoms with van der Waals surface area (Å²) in [7, 11) is -3.76. The fourth-order valence-corrected chi connectivity index (χ4v) is 4.78. The van der Waals surface area contributed by atoms with Gasteiger partial charge in [-0.15, -0.1) is 0 Å². The quantitative estimate of drug-likeness (QED) is 0.882. The Kier molecular flexibility index (Phi) is 5.09. The molecule has 26 heavy (non-hydrogen) atoms. The number of rotatable bonds is 4. The van der Waals surface area contributed by atoms with Crippen molar-refractivity contribution in [1.29, 1.82) is 0 Å². The number of alkyl halides is 3. The van der Waals surface area contributed by atoms with Crippen LogP contribution in [0.4, 0.5) is 13.2 Å². The Hall–Kier alpha value is -1.90. The van der Waals surface area contributed by atoms with Crippen LogP contribution in [0.2, 0.25) is 0 Å². The third-order valence-corrected chi connectivity index (χ3v) is 6.34. The first-order valence-corrected chi connectivity index (χ1v) is 9.72. The first-order chi connectivity index (χ1) is 12.2. The monoisotopic (exact) mass is 384 g/mol. The van der Waals surface area contributed by atoms with E-state index in [4.69, 9.17) is 5.73 Å². The molecule has 0 aromatic heterocycles. The summed E-state index contributed by atoms with van der Waals surface area (Å²) in [5.41, 5.74) is 6.33. The lowest BCUT2D eigenvalue weighted by Gasteiger charge is -2.17. The van der Waals surface area contributed by atoms with E-state index in [2.05, 4.69) is 0 Å². The van der Waals surface area contributed by atoms with Gasteiger partial charge in [-0.3, -0.25) is 0 Å². The lowest BCUT2D eigenvalue weighted by atomic mass is 9.95. The molecule has 140 valence electrons. The van der Waals surface area contributed by atoms with Gasteiger partial charge in [0.05, 0.1) is 11.3 Å². The van der Waals surface area contributed by atoms with Gasteiger partial charge in [0.2, 0.25) is 10.0 Å². The smallest absolute Gasteiger partial charge is 0.326 e. The molecule has 1 aliphatic rings. The van der Waals surface area contributed by atoms with Crippen LogP contribution >= 0.6 is 0 Å². The highest BCUT2D eigenvalue weighted by Crippen LogP contribution is 2.31. The summed E-state index contributed by atoms with van der Waals surface area (Å²) in [6.07, 6.45) is -4.51. The van der Waals surface area contributed by atoms with E-state index in [1.54, 1.807) is 0 Å². The van der Waals surface area contributed by atoms with E-state index in [1.165, 1.54) is 16.4 Å². The number of sulfonamides is 1. The molecule has 0 radical (unpaired) electrons. The number of halogens is 3. The predicted molar refractivity (Wildman–Crippen MR) is 92.8 cm³/mol. The van der Waals surface area contributed by atoms with Crippen molar-refractivity contribution in [2.45, 2.75) is 23.9 Å². The number of hydrogen-bond acceptors (Lipinski definition) is 3. The molecule has 2 aromatic rings. The summed E-state index contributed by atoms with van der Waals surface area (Å²) >= 11 is 0. The number of benzene rings is 2. The predicted octanol–water partition coefficient (Wildman–Crippen LogP) is 2.96. The Labute approximate surface area is 150 Å². The van der Waals surface area contributed by atoms with Gasteiger partial charge in [0.15, 0.2) is 0 Å². The Morgan fingerprint density at radius 2 is 1.73 bits per heavy atom. The van der Waals surface area contributed by atoms with Crippen molar-refractivity contribution in [2.24, 2.45) is 5.73 Å². The topological polar surface area (TPSA) is 63.4 Å². The van der Waals surface area contributed by atoms with Gasteiger partial charge >= 0.3 is 6.18 Å². The molecular weight excluding hydrogens is 365 g/mol. The van der Waals surface area contributed by atoms with Crippen molar-refractivity contribution >= 4 is 10.0 Å². The molecule has 0 aliphatic carbocycles. The van der Waals surface area contributed by atoms with E-state index in [-0.39, 0.29) is 30.6 Å². The highest BCUT2D eigenvalue weighted by molar-refractivity contribution is 7.88. The van der Waals surface area contributed by atoms with Gasteiger partial charge in [-0.1, -0.05) is 48.5 Å². The van der Waals surface area contributed by atoms with Crippen molar-refractivity contribution < 1.29 is 21.6 Å². The molecule has 0 spiro atoms. The van der Waals surface area contributed by atoms with E-state index in [9.17, 15) is 21.6 Å². The second kappa shape index (κ2) is 7.02. The maximum Gasteiger partial charge on any atom is 0.416 e. The molecule has 1 fully saturated rings. The summed E-state index contributed by atoms with van der Waals surface area (Å²) in [5, 5.41) is 0. The molecular formula is C18H19F3N2O2S. The van der Waals surface area contributed by atoms with E-state index < -0.39 is 27.5 Å². The van der Waals surface area contributed by atoms with E-state index >= 15 is 0 Å². The van der Waals surface area contributed by atoms with E-state index in [1.807, 2.05) is 30.3 Å². The van der Waals surface area contributed by atoms with Gasteiger partial charge in [-0.2, -0.15) is 17.5 Å². The van der Waals surface area contributed by atoms with Crippen LogP contribution in [0.1, 0.15) is 22.6 Å². The summed E-state index contributed by atoms with van der Waals surface area (Å²) in [5.74, 6) is -0.613. The maximum atomic E-state index is 12.8. The largest absolute Gasteiger partial charge is 0.416 e. The molecule has 1 saturated heterocycles. The normalized spacial score (nSPS) is 21.8. The molecule has 2 N–H and O–H groups in total. The molecule has 4 nitrogen and oxygen atoms in total. The van der Waals surface area contributed by atoms with Gasteiger partial charge in [-0.25, -0.2) is 8.42 Å². The second-order valence-electron chi connectivity index (χ2n) is 6.45. The number of hydrogen-bond donors (Lipinski definition) is 1. The van der Waals surface area contributed by atoms with Crippen LogP contribution in [-0.4, -0.2) is 31.9 Å². The first kappa shape index (κ1) is 18.9. The Bertz CT molecular complexity index is 870. The summed E-state index contributed by atoms with van der Waals surface area (Å²) in [6.45, 7) is 0.382. The molecule has 0 amide bonds. The lowest BCUT2D eigenvalue weighted by Crippen LogP contribution is -2.33. The zero-order valence-corrected chi connectivity index (χ0v) is 14.7. The van der Waals surface area contributed by atoms with Gasteiger partial charge < -0.3 is 5.73 Å². The van der Waals surface area contributed by atoms with Crippen LogP contribution in [0.3, 0.4) is 0 Å². The van der Waals surface area contributed by atoms with Crippen LogP contribution in [0.25, 0.3) is 0 Å². The van der Waals surface area contributed by atoms with Crippen LogP contribution < -0.4 is 5.73 Å². The Morgan fingerprint density at radius 3 is 2.38 bits per heavy atom. The molecule has 1 aliphatic heterocycles. The summed E-state index contributed by atoms with van der Waals surface area (Å²) < 4.78 is 65.1. The molecule has 0 bridgehead atoms. The molecule has 2 aromatic carbocycles. The van der Waals surface area contributed by atoms with Crippen molar-refractivity contribution in [1.82, 2.24) is 4.31 Å². The van der Waals surface area contributed by atoms with Crippen LogP contribution in [0, 0.1) is 0 Å². The maximum absolute atomic E-state index is 12.8. The van der Waals surface area contributed by atoms with Gasteiger partial charge in [0.25, 0.3) is 0 Å².